The molecule has 0 aliphatic rings. The lowest BCUT2D eigenvalue weighted by Crippen LogP contribution is -2.06. The third-order valence-electron chi connectivity index (χ3n) is 1.63. The van der Waals surface area contributed by atoms with Crippen LogP contribution in [0.3, 0.4) is 0 Å². The second kappa shape index (κ2) is 3.89. The van der Waals surface area contributed by atoms with Crippen molar-refractivity contribution in [2.45, 2.75) is 13.5 Å². The van der Waals surface area contributed by atoms with Crippen molar-refractivity contribution in [1.82, 2.24) is 5.48 Å². The van der Waals surface area contributed by atoms with Crippen molar-refractivity contribution in [3.63, 3.8) is 0 Å². The first-order chi connectivity index (χ1) is 5.65. The Hall–Kier alpha value is -0.580. The average Bonchev–Trinajstić information content (AvgIpc) is 2.01. The summed E-state index contributed by atoms with van der Waals surface area (Å²) in [5.41, 5.74) is 3.62. The van der Waals surface area contributed by atoms with Crippen LogP contribution in [0.4, 0.5) is 0 Å². The molecule has 1 rings (SSSR count). The number of hydrogen-bond acceptors (Lipinski definition) is 3. The van der Waals surface area contributed by atoms with Gasteiger partial charge in [0.05, 0.1) is 0 Å². The molecule has 0 fully saturated rings. The lowest BCUT2D eigenvalue weighted by molar-refractivity contribution is 0.160. The fourth-order valence-corrected chi connectivity index (χ4v) is 1.33. The number of hydrogen-bond donors (Lipinski definition) is 3. The van der Waals surface area contributed by atoms with E-state index in [2.05, 4.69) is 15.9 Å². The summed E-state index contributed by atoms with van der Waals surface area (Å²) in [5.74, 6) is 0.192. The molecule has 1 aromatic rings. The highest BCUT2D eigenvalue weighted by molar-refractivity contribution is 9.10. The van der Waals surface area contributed by atoms with E-state index < -0.39 is 0 Å². The predicted molar refractivity (Wildman–Crippen MR) is 49.2 cm³/mol. The van der Waals surface area contributed by atoms with Gasteiger partial charge in [-0.2, -0.15) is 0 Å². The molecule has 0 unspecified atom stereocenters. The minimum absolute atomic E-state index is 0.192. The number of aromatic hydroxyl groups is 1. The van der Waals surface area contributed by atoms with Crippen molar-refractivity contribution >= 4 is 15.9 Å². The SMILES string of the molecule is Cc1cc(O)c(CNO)cc1Br. The summed E-state index contributed by atoms with van der Waals surface area (Å²) >= 11 is 3.33. The van der Waals surface area contributed by atoms with E-state index in [1.807, 2.05) is 12.4 Å². The van der Waals surface area contributed by atoms with Gasteiger partial charge in [0.2, 0.25) is 0 Å². The Morgan fingerprint density at radius 3 is 2.75 bits per heavy atom. The van der Waals surface area contributed by atoms with Crippen molar-refractivity contribution in [3.05, 3.63) is 27.7 Å². The van der Waals surface area contributed by atoms with E-state index in [1.54, 1.807) is 12.1 Å². The molecule has 0 bridgehead atoms. The quantitative estimate of drug-likeness (QED) is 0.683. The van der Waals surface area contributed by atoms with Gasteiger partial charge in [0.25, 0.3) is 0 Å². The van der Waals surface area contributed by atoms with Gasteiger partial charge in [-0.1, -0.05) is 15.9 Å². The summed E-state index contributed by atoms with van der Waals surface area (Å²) in [7, 11) is 0. The minimum atomic E-state index is 0.192. The minimum Gasteiger partial charge on any atom is -0.508 e. The fraction of sp³-hybridized carbons (Fsp3) is 0.250. The second-order valence-electron chi connectivity index (χ2n) is 2.56. The van der Waals surface area contributed by atoms with Gasteiger partial charge in [0, 0.05) is 16.6 Å². The summed E-state index contributed by atoms with van der Waals surface area (Å²) in [6, 6.07) is 3.42. The molecule has 1 aromatic carbocycles. The van der Waals surface area contributed by atoms with Gasteiger partial charge >= 0.3 is 0 Å². The second-order valence-corrected chi connectivity index (χ2v) is 3.42. The number of phenolic OH excluding ortho intramolecular Hbond substituents is 1. The van der Waals surface area contributed by atoms with Crippen LogP contribution in [0.25, 0.3) is 0 Å². The van der Waals surface area contributed by atoms with E-state index in [0.717, 1.165) is 10.0 Å². The van der Waals surface area contributed by atoms with Crippen molar-refractivity contribution in [1.29, 1.82) is 0 Å². The van der Waals surface area contributed by atoms with Crippen LogP contribution in [-0.4, -0.2) is 10.3 Å². The van der Waals surface area contributed by atoms with Crippen LogP contribution >= 0.6 is 15.9 Å². The standard InChI is InChI=1S/C8H10BrNO2/c1-5-2-8(11)6(4-10-12)3-7(5)9/h2-3,10-12H,4H2,1H3. The topological polar surface area (TPSA) is 52.5 Å². The summed E-state index contributed by atoms with van der Waals surface area (Å²) in [6.45, 7) is 2.13. The Kier molecular flexibility index (Phi) is 3.08. The zero-order valence-electron chi connectivity index (χ0n) is 6.63. The first-order valence-electron chi connectivity index (χ1n) is 3.50. The van der Waals surface area contributed by atoms with Crippen LogP contribution in [0.15, 0.2) is 16.6 Å². The van der Waals surface area contributed by atoms with Gasteiger partial charge in [-0.15, -0.1) is 0 Å². The normalized spacial score (nSPS) is 10.2. The molecule has 66 valence electrons. The fourth-order valence-electron chi connectivity index (χ4n) is 0.934. The zero-order chi connectivity index (χ0) is 9.14. The maximum absolute atomic E-state index is 9.37. The molecule has 0 aromatic heterocycles. The molecule has 0 aliphatic carbocycles. The molecule has 0 amide bonds. The third-order valence-corrected chi connectivity index (χ3v) is 2.48. The third kappa shape index (κ3) is 1.97. The molecule has 0 saturated heterocycles. The van der Waals surface area contributed by atoms with E-state index in [1.165, 1.54) is 0 Å². The smallest absolute Gasteiger partial charge is 0.120 e. The molecule has 0 saturated carbocycles. The van der Waals surface area contributed by atoms with Crippen molar-refractivity contribution in [3.8, 4) is 5.75 Å². The summed E-state index contributed by atoms with van der Waals surface area (Å²) in [5, 5.41) is 17.8. The Labute approximate surface area is 79.1 Å². The van der Waals surface area contributed by atoms with Crippen LogP contribution in [0.2, 0.25) is 0 Å². The molecule has 3 N–H and O–H groups in total. The van der Waals surface area contributed by atoms with Gasteiger partial charge in [-0.3, -0.25) is 0 Å². The highest BCUT2D eigenvalue weighted by atomic mass is 79.9. The number of aryl methyl sites for hydroxylation is 1. The Balaban J connectivity index is 3.05. The number of phenols is 1. The molecule has 0 heterocycles. The molecule has 3 nitrogen and oxygen atoms in total. The van der Waals surface area contributed by atoms with Gasteiger partial charge in [0.1, 0.15) is 5.75 Å². The molecule has 0 spiro atoms. The Morgan fingerprint density at radius 1 is 1.50 bits per heavy atom. The number of rotatable bonds is 2. The molecule has 12 heavy (non-hydrogen) atoms. The maximum Gasteiger partial charge on any atom is 0.120 e. The Morgan fingerprint density at radius 2 is 2.17 bits per heavy atom. The number of nitrogens with one attached hydrogen (secondary N) is 1. The summed E-state index contributed by atoms with van der Waals surface area (Å²) < 4.78 is 0.922. The summed E-state index contributed by atoms with van der Waals surface area (Å²) in [6.07, 6.45) is 0. The lowest BCUT2D eigenvalue weighted by Gasteiger charge is -2.05. The van der Waals surface area contributed by atoms with Gasteiger partial charge in [0.15, 0.2) is 0 Å². The van der Waals surface area contributed by atoms with Crippen LogP contribution in [0.5, 0.6) is 5.75 Å². The van der Waals surface area contributed by atoms with E-state index in [4.69, 9.17) is 5.21 Å². The van der Waals surface area contributed by atoms with E-state index in [9.17, 15) is 5.11 Å². The molecule has 0 aliphatic heterocycles. The zero-order valence-corrected chi connectivity index (χ0v) is 8.22. The highest BCUT2D eigenvalue weighted by Gasteiger charge is 2.03. The van der Waals surface area contributed by atoms with Crippen LogP contribution in [0, 0.1) is 6.92 Å². The molecule has 0 radical (unpaired) electrons. The van der Waals surface area contributed by atoms with Crippen molar-refractivity contribution in [2.24, 2.45) is 0 Å². The summed E-state index contributed by atoms with van der Waals surface area (Å²) in [4.78, 5) is 0. The average molecular weight is 232 g/mol. The van der Waals surface area contributed by atoms with E-state index in [-0.39, 0.29) is 12.3 Å². The van der Waals surface area contributed by atoms with Crippen LogP contribution in [0.1, 0.15) is 11.1 Å². The first-order valence-corrected chi connectivity index (χ1v) is 4.29. The monoisotopic (exact) mass is 231 g/mol. The van der Waals surface area contributed by atoms with Gasteiger partial charge in [-0.05, 0) is 24.6 Å². The molecule has 4 heteroatoms. The molecule has 0 atom stereocenters. The van der Waals surface area contributed by atoms with Crippen molar-refractivity contribution < 1.29 is 10.3 Å². The lowest BCUT2D eigenvalue weighted by atomic mass is 10.1. The van der Waals surface area contributed by atoms with E-state index in [0.29, 0.717) is 5.56 Å². The van der Waals surface area contributed by atoms with Gasteiger partial charge in [-0.25, -0.2) is 5.48 Å². The predicted octanol–water partition coefficient (Wildman–Crippen LogP) is 1.94. The van der Waals surface area contributed by atoms with Crippen LogP contribution < -0.4 is 5.48 Å². The number of hydroxylamine groups is 1. The molecular formula is C8H10BrNO2. The van der Waals surface area contributed by atoms with E-state index >= 15 is 0 Å². The largest absolute Gasteiger partial charge is 0.508 e. The van der Waals surface area contributed by atoms with Crippen molar-refractivity contribution in [2.75, 3.05) is 0 Å². The number of halogens is 1. The first kappa shape index (κ1) is 9.51. The molecular weight excluding hydrogens is 222 g/mol. The highest BCUT2D eigenvalue weighted by Crippen LogP contribution is 2.25. The van der Waals surface area contributed by atoms with Crippen LogP contribution in [-0.2, 0) is 6.54 Å². The maximum atomic E-state index is 9.37. The Bertz CT molecular complexity index is 289. The van der Waals surface area contributed by atoms with Gasteiger partial charge < -0.3 is 10.3 Å². The number of benzene rings is 1.